The predicted molar refractivity (Wildman–Crippen MR) is 110 cm³/mol. The van der Waals surface area contributed by atoms with E-state index in [-0.39, 0.29) is 12.0 Å². The van der Waals surface area contributed by atoms with Crippen molar-refractivity contribution in [3.63, 3.8) is 0 Å². The van der Waals surface area contributed by atoms with Gasteiger partial charge < -0.3 is 23.9 Å². The van der Waals surface area contributed by atoms with Crippen molar-refractivity contribution in [1.29, 1.82) is 0 Å². The minimum atomic E-state index is -0.129. The van der Waals surface area contributed by atoms with Crippen molar-refractivity contribution in [2.45, 2.75) is 19.4 Å². The Morgan fingerprint density at radius 3 is 2.48 bits per heavy atom. The zero-order chi connectivity index (χ0) is 19.9. The van der Waals surface area contributed by atoms with Gasteiger partial charge >= 0.3 is 0 Å². The normalized spacial score (nSPS) is 19.9. The molecule has 29 heavy (non-hydrogen) atoms. The van der Waals surface area contributed by atoms with Crippen LogP contribution >= 0.6 is 0 Å². The highest BCUT2D eigenvalue weighted by Crippen LogP contribution is 2.33. The maximum atomic E-state index is 10.00. The molecule has 0 amide bonds. The molecule has 0 spiro atoms. The van der Waals surface area contributed by atoms with E-state index in [4.69, 9.17) is 14.2 Å². The maximum Gasteiger partial charge on any atom is 0.139 e. The monoisotopic (exact) mass is 401 g/mol. The third kappa shape index (κ3) is 5.17. The minimum Gasteiger partial charge on any atom is -0.492 e. The zero-order valence-electron chi connectivity index (χ0n) is 17.0. The molecule has 4 rings (SSSR count). The van der Waals surface area contributed by atoms with Crippen molar-refractivity contribution in [2.75, 3.05) is 59.3 Å². The van der Waals surface area contributed by atoms with Gasteiger partial charge in [0.05, 0.1) is 19.8 Å². The number of hydrogen-bond acceptors (Lipinski definition) is 6. The fourth-order valence-electron chi connectivity index (χ4n) is 4.05. The summed E-state index contributed by atoms with van der Waals surface area (Å²) in [5.41, 5.74) is 0.923. The van der Waals surface area contributed by atoms with Gasteiger partial charge in [-0.2, -0.15) is 0 Å². The highest BCUT2D eigenvalue weighted by Gasteiger charge is 2.33. The summed E-state index contributed by atoms with van der Waals surface area (Å²) >= 11 is 0. The Balaban J connectivity index is 1.36. The van der Waals surface area contributed by atoms with Crippen molar-refractivity contribution < 1.29 is 19.3 Å². The quantitative estimate of drug-likeness (QED) is 0.730. The van der Waals surface area contributed by atoms with Crippen LogP contribution in [0.3, 0.4) is 0 Å². The Bertz CT molecular complexity index is 750. The first-order valence-corrected chi connectivity index (χ1v) is 10.5. The molecule has 0 saturated carbocycles. The summed E-state index contributed by atoms with van der Waals surface area (Å²) in [6.45, 7) is 7.51. The highest BCUT2D eigenvalue weighted by molar-refractivity contribution is 5.56. The predicted octanol–water partition coefficient (Wildman–Crippen LogP) is 2.05. The van der Waals surface area contributed by atoms with Crippen molar-refractivity contribution in [2.24, 2.45) is 5.41 Å². The third-order valence-electron chi connectivity index (χ3n) is 6.00. The van der Waals surface area contributed by atoms with E-state index in [9.17, 15) is 5.11 Å². The Hall–Kier alpha value is -1.93. The fourth-order valence-corrected chi connectivity index (χ4v) is 4.05. The molecule has 2 aliphatic rings. The van der Waals surface area contributed by atoms with Crippen LogP contribution in [0, 0.1) is 5.41 Å². The first kappa shape index (κ1) is 20.3. The van der Waals surface area contributed by atoms with Crippen LogP contribution in [-0.4, -0.2) is 78.8 Å². The third-order valence-corrected chi connectivity index (χ3v) is 6.00. The number of rotatable bonds is 8. The molecule has 0 bridgehead atoms. The molecule has 0 atom stereocenters. The molecule has 2 aliphatic heterocycles. The molecule has 0 radical (unpaired) electrons. The summed E-state index contributed by atoms with van der Waals surface area (Å²) in [4.78, 5) is 6.92. The molecule has 1 aromatic heterocycles. The van der Waals surface area contributed by atoms with Crippen LogP contribution in [0.4, 0.5) is 0 Å². The molecule has 1 aromatic carbocycles. The van der Waals surface area contributed by atoms with Gasteiger partial charge in [0, 0.05) is 62.8 Å². The van der Waals surface area contributed by atoms with Gasteiger partial charge in [-0.05, 0) is 37.1 Å². The Kier molecular flexibility index (Phi) is 6.82. The molecule has 158 valence electrons. The largest absolute Gasteiger partial charge is 0.492 e. The first-order chi connectivity index (χ1) is 14.3. The summed E-state index contributed by atoms with van der Waals surface area (Å²) in [6, 6.07) is 8.12. The van der Waals surface area contributed by atoms with Gasteiger partial charge in [-0.25, -0.2) is 4.98 Å². The number of morpholine rings is 1. The van der Waals surface area contributed by atoms with Crippen LogP contribution in [0.5, 0.6) is 5.75 Å². The van der Waals surface area contributed by atoms with Crippen LogP contribution in [0.2, 0.25) is 0 Å². The van der Waals surface area contributed by atoms with E-state index in [1.807, 2.05) is 24.5 Å². The standard InChI is InChI=1S/C22H31N3O4/c26-18-22(5-12-27-13-6-22)17-25-8-7-23-21(25)19-1-3-20(4-2-19)29-16-11-24-9-14-28-15-10-24/h1-4,7-8,26H,5-6,9-18H2. The summed E-state index contributed by atoms with van der Waals surface area (Å²) in [6.07, 6.45) is 5.56. The SMILES string of the molecule is OCC1(Cn2ccnc2-c2ccc(OCCN3CCOCC3)cc2)CCOCC1. The summed E-state index contributed by atoms with van der Waals surface area (Å²) in [7, 11) is 0. The second kappa shape index (κ2) is 9.71. The van der Waals surface area contributed by atoms with Gasteiger partial charge in [-0.3, -0.25) is 4.90 Å². The van der Waals surface area contributed by atoms with E-state index in [0.29, 0.717) is 19.8 Å². The topological polar surface area (TPSA) is 69.0 Å². The number of ether oxygens (including phenoxy) is 3. The number of hydrogen-bond donors (Lipinski definition) is 1. The van der Waals surface area contributed by atoms with Gasteiger partial charge in [-0.15, -0.1) is 0 Å². The molecule has 1 N–H and O–H groups in total. The average Bonchev–Trinajstić information content (AvgIpc) is 3.23. The van der Waals surface area contributed by atoms with Gasteiger partial charge in [0.25, 0.3) is 0 Å². The fraction of sp³-hybridized carbons (Fsp3) is 0.591. The van der Waals surface area contributed by atoms with E-state index < -0.39 is 0 Å². The second-order valence-corrected chi connectivity index (χ2v) is 7.98. The molecule has 2 fully saturated rings. The lowest BCUT2D eigenvalue weighted by Crippen LogP contribution is -2.38. The van der Waals surface area contributed by atoms with Gasteiger partial charge in [0.1, 0.15) is 18.2 Å². The number of nitrogens with zero attached hydrogens (tertiary/aromatic N) is 3. The molecule has 3 heterocycles. The molecule has 0 aliphatic carbocycles. The lowest BCUT2D eigenvalue weighted by Gasteiger charge is -2.36. The average molecular weight is 402 g/mol. The Morgan fingerprint density at radius 1 is 1.03 bits per heavy atom. The molecular formula is C22H31N3O4. The molecule has 0 unspecified atom stereocenters. The number of aliphatic hydroxyl groups is 1. The van der Waals surface area contributed by atoms with Crippen molar-refractivity contribution in [3.8, 4) is 17.1 Å². The molecule has 2 aromatic rings. The van der Waals surface area contributed by atoms with Gasteiger partial charge in [-0.1, -0.05) is 0 Å². The van der Waals surface area contributed by atoms with Crippen molar-refractivity contribution in [3.05, 3.63) is 36.7 Å². The number of benzene rings is 1. The van der Waals surface area contributed by atoms with Crippen molar-refractivity contribution >= 4 is 0 Å². The molecule has 2 saturated heterocycles. The molecule has 7 heteroatoms. The van der Waals surface area contributed by atoms with E-state index in [0.717, 1.165) is 69.4 Å². The summed E-state index contributed by atoms with van der Waals surface area (Å²) in [5, 5.41) is 10.00. The second-order valence-electron chi connectivity index (χ2n) is 7.98. The smallest absolute Gasteiger partial charge is 0.139 e. The van der Waals surface area contributed by atoms with Crippen LogP contribution in [0.25, 0.3) is 11.4 Å². The Labute approximate surface area is 172 Å². The molecule has 7 nitrogen and oxygen atoms in total. The van der Waals surface area contributed by atoms with E-state index in [1.165, 1.54) is 0 Å². The highest BCUT2D eigenvalue weighted by atomic mass is 16.5. The van der Waals surface area contributed by atoms with Crippen molar-refractivity contribution in [1.82, 2.24) is 14.5 Å². The van der Waals surface area contributed by atoms with Crippen LogP contribution < -0.4 is 4.74 Å². The Morgan fingerprint density at radius 2 is 1.76 bits per heavy atom. The van der Waals surface area contributed by atoms with Gasteiger partial charge in [0.15, 0.2) is 0 Å². The number of imidazole rings is 1. The van der Waals surface area contributed by atoms with E-state index >= 15 is 0 Å². The maximum absolute atomic E-state index is 10.00. The van der Waals surface area contributed by atoms with E-state index in [1.54, 1.807) is 0 Å². The molecular weight excluding hydrogens is 370 g/mol. The minimum absolute atomic E-state index is 0.129. The zero-order valence-corrected chi connectivity index (χ0v) is 17.0. The number of aromatic nitrogens is 2. The lowest BCUT2D eigenvalue weighted by molar-refractivity contribution is -0.0250. The number of aliphatic hydroxyl groups excluding tert-OH is 1. The van der Waals surface area contributed by atoms with Gasteiger partial charge in [0.2, 0.25) is 0 Å². The van der Waals surface area contributed by atoms with Crippen LogP contribution in [0.15, 0.2) is 36.7 Å². The summed E-state index contributed by atoms with van der Waals surface area (Å²) in [5.74, 6) is 1.79. The summed E-state index contributed by atoms with van der Waals surface area (Å²) < 4.78 is 18.9. The van der Waals surface area contributed by atoms with Crippen LogP contribution in [0.1, 0.15) is 12.8 Å². The first-order valence-electron chi connectivity index (χ1n) is 10.5. The van der Waals surface area contributed by atoms with E-state index in [2.05, 4.69) is 26.6 Å². The lowest BCUT2D eigenvalue weighted by atomic mass is 9.81. The van der Waals surface area contributed by atoms with Crippen LogP contribution in [-0.2, 0) is 16.0 Å².